The lowest BCUT2D eigenvalue weighted by atomic mass is 10.1. The van der Waals surface area contributed by atoms with Crippen molar-refractivity contribution in [2.24, 2.45) is 5.92 Å². The molecule has 0 aromatic heterocycles. The highest BCUT2D eigenvalue weighted by Gasteiger charge is 2.06. The Hall–Kier alpha value is -1.43. The van der Waals surface area contributed by atoms with Gasteiger partial charge in [0.05, 0.1) is 6.61 Å². The monoisotopic (exact) mass is 351 g/mol. The third kappa shape index (κ3) is 9.58. The van der Waals surface area contributed by atoms with Gasteiger partial charge < -0.3 is 19.5 Å². The summed E-state index contributed by atoms with van der Waals surface area (Å²) in [6.45, 7) is 8.61. The summed E-state index contributed by atoms with van der Waals surface area (Å²) in [5.74, 6) is 1.07. The Bertz CT molecular complexity index is 473. The normalized spacial score (nSPS) is 12.4. The zero-order chi connectivity index (χ0) is 18.5. The van der Waals surface area contributed by atoms with Gasteiger partial charge in [0.25, 0.3) is 0 Å². The fraction of sp³-hybridized carbons (Fsp3) is 0.650. The van der Waals surface area contributed by atoms with E-state index in [1.165, 1.54) is 5.56 Å². The molecule has 0 aliphatic carbocycles. The third-order valence-corrected chi connectivity index (χ3v) is 3.98. The van der Waals surface area contributed by atoms with Gasteiger partial charge in [0.15, 0.2) is 5.78 Å². The lowest BCUT2D eigenvalue weighted by molar-refractivity contribution is -0.126. The molecular formula is C20H33NO4. The third-order valence-electron chi connectivity index (χ3n) is 3.98. The van der Waals surface area contributed by atoms with E-state index in [4.69, 9.17) is 14.2 Å². The Morgan fingerprint density at radius 2 is 1.56 bits per heavy atom. The maximum Gasteiger partial charge on any atom is 0.160 e. The largest absolute Gasteiger partial charge is 0.494 e. The van der Waals surface area contributed by atoms with Gasteiger partial charge >= 0.3 is 0 Å². The molecule has 0 fully saturated rings. The van der Waals surface area contributed by atoms with Gasteiger partial charge in [0, 0.05) is 38.2 Å². The molecule has 1 atom stereocenters. The second-order valence-electron chi connectivity index (χ2n) is 6.42. The molecule has 1 aromatic carbocycles. The van der Waals surface area contributed by atoms with E-state index in [1.54, 1.807) is 0 Å². The number of carbonyl (C=O) groups is 1. The summed E-state index contributed by atoms with van der Waals surface area (Å²) in [6.07, 6.45) is 1.65. The molecule has 0 radical (unpaired) electrons. The van der Waals surface area contributed by atoms with Crippen molar-refractivity contribution in [3.63, 3.8) is 0 Å². The van der Waals surface area contributed by atoms with Gasteiger partial charge in [-0.1, -0.05) is 26.0 Å². The molecule has 1 aromatic rings. The van der Waals surface area contributed by atoms with Crippen molar-refractivity contribution >= 4 is 5.78 Å². The first kappa shape index (κ1) is 21.6. The number of carbonyl (C=O) groups excluding carboxylic acids is 1. The average Bonchev–Trinajstić information content (AvgIpc) is 2.62. The van der Waals surface area contributed by atoms with E-state index in [1.807, 2.05) is 33.0 Å². The summed E-state index contributed by atoms with van der Waals surface area (Å²) in [5, 5.41) is 3.21. The van der Waals surface area contributed by atoms with Crippen molar-refractivity contribution < 1.29 is 19.0 Å². The summed E-state index contributed by atoms with van der Waals surface area (Å²) in [6, 6.07) is 8.50. The predicted molar refractivity (Wildman–Crippen MR) is 100 cm³/mol. The Kier molecular flexibility index (Phi) is 11.1. The second kappa shape index (κ2) is 12.9. The van der Waals surface area contributed by atoms with E-state index in [9.17, 15) is 4.79 Å². The smallest absolute Gasteiger partial charge is 0.160 e. The fourth-order valence-corrected chi connectivity index (χ4v) is 2.07. The number of hydrogen-bond donors (Lipinski definition) is 1. The van der Waals surface area contributed by atoms with Crippen molar-refractivity contribution in [1.29, 1.82) is 0 Å². The Labute approximate surface area is 152 Å². The molecule has 25 heavy (non-hydrogen) atoms. The number of rotatable bonds is 14. The summed E-state index contributed by atoms with van der Waals surface area (Å²) in [5.41, 5.74) is 1.25. The molecule has 5 nitrogen and oxygen atoms in total. The molecule has 0 bridgehead atoms. The van der Waals surface area contributed by atoms with Crippen LogP contribution >= 0.6 is 0 Å². The standard InChI is InChI=1S/C20H33NO4/c1-16(2)20(22)15-24-13-5-11-23-12-6-14-25-19-9-7-18(8-10-19)17(3)21-4/h7-10,16-17,21H,5-6,11-15H2,1-4H3/t17-/m1/s1. The zero-order valence-corrected chi connectivity index (χ0v) is 16.0. The predicted octanol–water partition coefficient (Wildman–Crippen LogP) is 3.38. The second-order valence-corrected chi connectivity index (χ2v) is 6.42. The van der Waals surface area contributed by atoms with Gasteiger partial charge in [-0.05, 0) is 38.1 Å². The van der Waals surface area contributed by atoms with E-state index in [0.29, 0.717) is 32.5 Å². The van der Waals surface area contributed by atoms with Gasteiger partial charge in [0.2, 0.25) is 0 Å². The first-order chi connectivity index (χ1) is 12.0. The Balaban J connectivity index is 1.97. The molecule has 0 aliphatic rings. The van der Waals surface area contributed by atoms with Gasteiger partial charge in [-0.2, -0.15) is 0 Å². The molecular weight excluding hydrogens is 318 g/mol. The number of hydrogen-bond acceptors (Lipinski definition) is 5. The van der Waals surface area contributed by atoms with E-state index >= 15 is 0 Å². The van der Waals surface area contributed by atoms with Crippen LogP contribution in [0.25, 0.3) is 0 Å². The summed E-state index contributed by atoms with van der Waals surface area (Å²) >= 11 is 0. The molecule has 1 rings (SSSR count). The van der Waals surface area contributed by atoms with Crippen molar-refractivity contribution in [2.45, 2.75) is 39.7 Å². The van der Waals surface area contributed by atoms with Crippen molar-refractivity contribution in [3.05, 3.63) is 29.8 Å². The van der Waals surface area contributed by atoms with Crippen molar-refractivity contribution in [1.82, 2.24) is 5.32 Å². The molecule has 142 valence electrons. The maximum atomic E-state index is 11.4. The van der Waals surface area contributed by atoms with Crippen LogP contribution in [0.4, 0.5) is 0 Å². The van der Waals surface area contributed by atoms with Crippen LogP contribution in [0, 0.1) is 5.92 Å². The Morgan fingerprint density at radius 3 is 2.16 bits per heavy atom. The van der Waals surface area contributed by atoms with E-state index < -0.39 is 0 Å². The first-order valence-corrected chi connectivity index (χ1v) is 9.12. The molecule has 0 saturated carbocycles. The molecule has 0 saturated heterocycles. The molecule has 1 N–H and O–H groups in total. The number of Topliss-reactive ketones (excluding diaryl/α,β-unsaturated/α-hetero) is 1. The summed E-state index contributed by atoms with van der Waals surface area (Å²) in [7, 11) is 1.95. The van der Waals surface area contributed by atoms with Gasteiger partial charge in [-0.3, -0.25) is 4.79 Å². The number of ketones is 1. The average molecular weight is 351 g/mol. The number of benzene rings is 1. The van der Waals surface area contributed by atoms with Gasteiger partial charge in [-0.25, -0.2) is 0 Å². The highest BCUT2D eigenvalue weighted by Crippen LogP contribution is 2.17. The SMILES string of the molecule is CN[C@H](C)c1ccc(OCCCOCCCOCC(=O)C(C)C)cc1. The van der Waals surface area contributed by atoms with E-state index in [0.717, 1.165) is 18.6 Å². The van der Waals surface area contributed by atoms with Gasteiger partial charge in [-0.15, -0.1) is 0 Å². The minimum absolute atomic E-state index is 0.0409. The summed E-state index contributed by atoms with van der Waals surface area (Å²) in [4.78, 5) is 11.4. The van der Waals surface area contributed by atoms with Crippen LogP contribution in [-0.2, 0) is 14.3 Å². The zero-order valence-electron chi connectivity index (χ0n) is 16.0. The maximum absolute atomic E-state index is 11.4. The minimum Gasteiger partial charge on any atom is -0.494 e. The number of nitrogens with one attached hydrogen (secondary N) is 1. The molecule has 0 unspecified atom stereocenters. The highest BCUT2D eigenvalue weighted by atomic mass is 16.5. The molecule has 0 spiro atoms. The minimum atomic E-state index is 0.0409. The molecule has 0 amide bonds. The molecule has 0 aliphatic heterocycles. The van der Waals surface area contributed by atoms with E-state index in [2.05, 4.69) is 24.4 Å². The fourth-order valence-electron chi connectivity index (χ4n) is 2.07. The van der Waals surface area contributed by atoms with Crippen LogP contribution in [-0.4, -0.2) is 45.9 Å². The lowest BCUT2D eigenvalue weighted by Crippen LogP contribution is -2.15. The topological polar surface area (TPSA) is 56.8 Å². The number of ether oxygens (including phenoxy) is 3. The highest BCUT2D eigenvalue weighted by molar-refractivity contribution is 5.81. The van der Waals surface area contributed by atoms with Gasteiger partial charge in [0.1, 0.15) is 12.4 Å². The van der Waals surface area contributed by atoms with Crippen molar-refractivity contribution in [3.8, 4) is 5.75 Å². The Morgan fingerprint density at radius 1 is 0.960 bits per heavy atom. The van der Waals surface area contributed by atoms with Crippen LogP contribution in [0.2, 0.25) is 0 Å². The van der Waals surface area contributed by atoms with E-state index in [-0.39, 0.29) is 18.3 Å². The summed E-state index contributed by atoms with van der Waals surface area (Å²) < 4.78 is 16.6. The van der Waals surface area contributed by atoms with Crippen LogP contribution < -0.4 is 10.1 Å². The van der Waals surface area contributed by atoms with Crippen LogP contribution in [0.3, 0.4) is 0 Å². The quantitative estimate of drug-likeness (QED) is 0.521. The molecule has 5 heteroatoms. The lowest BCUT2D eigenvalue weighted by Gasteiger charge is -2.12. The van der Waals surface area contributed by atoms with Crippen LogP contribution in [0.5, 0.6) is 5.75 Å². The van der Waals surface area contributed by atoms with Crippen molar-refractivity contribution in [2.75, 3.05) is 40.1 Å². The van der Waals surface area contributed by atoms with Crippen LogP contribution in [0.1, 0.15) is 45.2 Å². The molecule has 0 heterocycles. The van der Waals surface area contributed by atoms with Crippen LogP contribution in [0.15, 0.2) is 24.3 Å². The first-order valence-electron chi connectivity index (χ1n) is 9.12.